The molecule has 1 N–H and O–H groups in total. The number of aryl methyl sites for hydroxylation is 1. The summed E-state index contributed by atoms with van der Waals surface area (Å²) in [5.74, 6) is -0.907. The van der Waals surface area contributed by atoms with Crippen molar-refractivity contribution in [1.29, 1.82) is 0 Å². The molecule has 3 heteroatoms. The highest BCUT2D eigenvalue weighted by Crippen LogP contribution is 2.18. The largest absolute Gasteiger partial charge is 0.477 e. The van der Waals surface area contributed by atoms with Crippen LogP contribution in [0.15, 0.2) is 42.6 Å². The van der Waals surface area contributed by atoms with Crippen LogP contribution in [0.4, 0.5) is 0 Å². The summed E-state index contributed by atoms with van der Waals surface area (Å²) < 4.78 is 1.71. The average molecular weight is 215 g/mol. The third kappa shape index (κ3) is 1.72. The molecule has 0 radical (unpaired) electrons. The number of nitrogens with zero attached hydrogens (tertiary/aromatic N) is 1. The summed E-state index contributed by atoms with van der Waals surface area (Å²) >= 11 is 0. The van der Waals surface area contributed by atoms with E-state index in [0.717, 1.165) is 17.7 Å². The summed E-state index contributed by atoms with van der Waals surface area (Å²) in [6.07, 6.45) is 2.66. The maximum atomic E-state index is 11.0. The predicted molar refractivity (Wildman–Crippen MR) is 62.1 cm³/mol. The van der Waals surface area contributed by atoms with Gasteiger partial charge in [-0.3, -0.25) is 0 Å². The van der Waals surface area contributed by atoms with E-state index in [0.29, 0.717) is 5.69 Å². The van der Waals surface area contributed by atoms with E-state index in [-0.39, 0.29) is 0 Å². The predicted octanol–water partition coefficient (Wildman–Crippen LogP) is 2.74. The Morgan fingerprint density at radius 2 is 2.00 bits per heavy atom. The molecule has 1 aromatic carbocycles. The maximum absolute atomic E-state index is 11.0. The van der Waals surface area contributed by atoms with Crippen molar-refractivity contribution in [3.63, 3.8) is 0 Å². The van der Waals surface area contributed by atoms with Crippen molar-refractivity contribution >= 4 is 5.97 Å². The third-order valence-electron chi connectivity index (χ3n) is 2.60. The van der Waals surface area contributed by atoms with Crippen molar-refractivity contribution < 1.29 is 9.90 Å². The van der Waals surface area contributed by atoms with Gasteiger partial charge in [-0.15, -0.1) is 0 Å². The first-order valence-electron chi connectivity index (χ1n) is 5.23. The number of rotatable bonds is 3. The quantitative estimate of drug-likeness (QED) is 0.855. The number of aromatic nitrogens is 1. The van der Waals surface area contributed by atoms with Crippen molar-refractivity contribution in [2.24, 2.45) is 0 Å². The Morgan fingerprint density at radius 3 is 2.69 bits per heavy atom. The topological polar surface area (TPSA) is 42.2 Å². The lowest BCUT2D eigenvalue weighted by molar-refractivity contribution is 0.0688. The van der Waals surface area contributed by atoms with E-state index < -0.39 is 5.97 Å². The molecule has 0 aliphatic heterocycles. The van der Waals surface area contributed by atoms with Gasteiger partial charge in [0, 0.05) is 11.9 Å². The second kappa shape index (κ2) is 4.23. The Bertz CT molecular complexity index is 514. The van der Waals surface area contributed by atoms with Crippen LogP contribution in [0.25, 0.3) is 5.69 Å². The Morgan fingerprint density at radius 1 is 1.25 bits per heavy atom. The molecule has 0 saturated carbocycles. The molecule has 82 valence electrons. The molecule has 0 unspecified atom stereocenters. The van der Waals surface area contributed by atoms with E-state index in [2.05, 4.69) is 6.92 Å². The molecular weight excluding hydrogens is 202 g/mol. The van der Waals surface area contributed by atoms with Gasteiger partial charge in [-0.05, 0) is 30.2 Å². The number of aromatic carboxylic acids is 1. The van der Waals surface area contributed by atoms with Crippen LogP contribution in [0.3, 0.4) is 0 Å². The van der Waals surface area contributed by atoms with Gasteiger partial charge in [0.2, 0.25) is 0 Å². The average Bonchev–Trinajstić information content (AvgIpc) is 2.77. The number of hydrogen-bond acceptors (Lipinski definition) is 1. The molecule has 0 bridgehead atoms. The molecule has 1 aromatic heterocycles. The molecule has 0 aliphatic rings. The molecule has 0 aliphatic carbocycles. The zero-order valence-electron chi connectivity index (χ0n) is 9.05. The second-order valence-corrected chi connectivity index (χ2v) is 3.55. The molecule has 0 amide bonds. The molecule has 0 spiro atoms. The summed E-state index contributed by atoms with van der Waals surface area (Å²) in [5, 5.41) is 9.06. The maximum Gasteiger partial charge on any atom is 0.352 e. The highest BCUT2D eigenvalue weighted by atomic mass is 16.4. The van der Waals surface area contributed by atoms with Crippen LogP contribution in [0.2, 0.25) is 0 Å². The fourth-order valence-electron chi connectivity index (χ4n) is 1.81. The van der Waals surface area contributed by atoms with E-state index in [1.165, 1.54) is 0 Å². The van der Waals surface area contributed by atoms with Gasteiger partial charge >= 0.3 is 5.97 Å². The van der Waals surface area contributed by atoms with Gasteiger partial charge in [-0.2, -0.15) is 0 Å². The third-order valence-corrected chi connectivity index (χ3v) is 2.60. The van der Waals surface area contributed by atoms with Crippen LogP contribution in [-0.2, 0) is 6.42 Å². The summed E-state index contributed by atoms with van der Waals surface area (Å²) in [7, 11) is 0. The number of carboxylic acid groups (broad SMARTS) is 1. The minimum absolute atomic E-state index is 0.293. The fraction of sp³-hybridized carbons (Fsp3) is 0.154. The summed E-state index contributed by atoms with van der Waals surface area (Å²) in [5.41, 5.74) is 2.37. The van der Waals surface area contributed by atoms with Crippen molar-refractivity contribution in [3.8, 4) is 5.69 Å². The number of hydrogen-bond donors (Lipinski definition) is 1. The molecular formula is C13H13NO2. The van der Waals surface area contributed by atoms with Gasteiger partial charge in [-0.1, -0.05) is 25.1 Å². The van der Waals surface area contributed by atoms with Crippen LogP contribution in [-0.4, -0.2) is 15.6 Å². The normalized spacial score (nSPS) is 10.3. The zero-order chi connectivity index (χ0) is 11.5. The minimum Gasteiger partial charge on any atom is -0.477 e. The van der Waals surface area contributed by atoms with Crippen LogP contribution in [0.5, 0.6) is 0 Å². The standard InChI is InChI=1S/C13H13NO2/c1-2-10-6-3-4-7-11(10)14-9-5-8-12(14)13(15)16/h3-9H,2H2,1H3,(H,15,16). The molecule has 16 heavy (non-hydrogen) atoms. The smallest absolute Gasteiger partial charge is 0.352 e. The van der Waals surface area contributed by atoms with Crippen LogP contribution in [0, 0.1) is 0 Å². The Balaban J connectivity index is 2.58. The van der Waals surface area contributed by atoms with Gasteiger partial charge in [0.15, 0.2) is 0 Å². The number of benzene rings is 1. The SMILES string of the molecule is CCc1ccccc1-n1cccc1C(=O)O. The highest BCUT2D eigenvalue weighted by Gasteiger charge is 2.11. The molecule has 0 atom stereocenters. The zero-order valence-corrected chi connectivity index (χ0v) is 9.05. The number of carboxylic acids is 1. The first-order valence-corrected chi connectivity index (χ1v) is 5.23. The monoisotopic (exact) mass is 215 g/mol. The first-order chi connectivity index (χ1) is 7.74. The lowest BCUT2D eigenvalue weighted by Gasteiger charge is -2.10. The van der Waals surface area contributed by atoms with E-state index in [9.17, 15) is 4.79 Å². The Hall–Kier alpha value is -2.03. The molecule has 0 fully saturated rings. The van der Waals surface area contributed by atoms with E-state index in [1.807, 2.05) is 24.3 Å². The van der Waals surface area contributed by atoms with Gasteiger partial charge in [-0.25, -0.2) is 4.79 Å². The van der Waals surface area contributed by atoms with Gasteiger partial charge < -0.3 is 9.67 Å². The second-order valence-electron chi connectivity index (χ2n) is 3.55. The fourth-order valence-corrected chi connectivity index (χ4v) is 1.81. The van der Waals surface area contributed by atoms with Crippen LogP contribution >= 0.6 is 0 Å². The van der Waals surface area contributed by atoms with Crippen LogP contribution < -0.4 is 0 Å². The highest BCUT2D eigenvalue weighted by molar-refractivity contribution is 5.86. The minimum atomic E-state index is -0.907. The lowest BCUT2D eigenvalue weighted by Crippen LogP contribution is -2.07. The number of para-hydroxylation sites is 1. The first kappa shape index (κ1) is 10.5. The number of carbonyl (C=O) groups is 1. The summed E-state index contributed by atoms with van der Waals surface area (Å²) in [4.78, 5) is 11.0. The van der Waals surface area contributed by atoms with Crippen molar-refractivity contribution in [2.45, 2.75) is 13.3 Å². The molecule has 2 aromatic rings. The molecule has 3 nitrogen and oxygen atoms in total. The lowest BCUT2D eigenvalue weighted by atomic mass is 10.1. The Kier molecular flexibility index (Phi) is 2.77. The van der Waals surface area contributed by atoms with E-state index in [4.69, 9.17) is 5.11 Å². The molecule has 1 heterocycles. The van der Waals surface area contributed by atoms with Gasteiger partial charge in [0.25, 0.3) is 0 Å². The molecule has 2 rings (SSSR count). The van der Waals surface area contributed by atoms with E-state index in [1.54, 1.807) is 22.9 Å². The van der Waals surface area contributed by atoms with Crippen molar-refractivity contribution in [1.82, 2.24) is 4.57 Å². The van der Waals surface area contributed by atoms with Crippen molar-refractivity contribution in [2.75, 3.05) is 0 Å². The van der Waals surface area contributed by atoms with Crippen LogP contribution in [0.1, 0.15) is 23.0 Å². The summed E-state index contributed by atoms with van der Waals surface area (Å²) in [6, 6.07) is 11.2. The van der Waals surface area contributed by atoms with Gasteiger partial charge in [0.05, 0.1) is 0 Å². The Labute approximate surface area is 94.0 Å². The van der Waals surface area contributed by atoms with Crippen molar-refractivity contribution in [3.05, 3.63) is 53.9 Å². The summed E-state index contributed by atoms with van der Waals surface area (Å²) in [6.45, 7) is 2.06. The molecule has 0 saturated heterocycles. The van der Waals surface area contributed by atoms with Gasteiger partial charge in [0.1, 0.15) is 5.69 Å². The van der Waals surface area contributed by atoms with E-state index >= 15 is 0 Å².